The zero-order chi connectivity index (χ0) is 16.8. The molecule has 5 nitrogen and oxygen atoms in total. The third-order valence-corrected chi connectivity index (χ3v) is 4.29. The van der Waals surface area contributed by atoms with E-state index in [1.807, 2.05) is 6.08 Å². The summed E-state index contributed by atoms with van der Waals surface area (Å²) in [5.41, 5.74) is 0. The van der Waals surface area contributed by atoms with E-state index in [4.69, 9.17) is 0 Å². The monoisotopic (exact) mass is 355 g/mol. The average molecular weight is 355 g/mol. The Morgan fingerprint density at radius 2 is 1.65 bits per heavy atom. The number of carbonyl (C=O) groups excluding carboxylic acids is 1. The molecule has 1 amide bonds. The molecule has 0 N–H and O–H groups in total. The molecule has 7 heteroatoms. The van der Waals surface area contributed by atoms with Crippen LogP contribution in [0.15, 0.2) is 12.2 Å². The SMILES string of the molecule is CCCCCCCC/C=C/C(=O)N(C)CCCCS(=O)(=O)[O-].[Na+]. The van der Waals surface area contributed by atoms with Crippen LogP contribution in [0.4, 0.5) is 0 Å². The van der Waals surface area contributed by atoms with Crippen molar-refractivity contribution in [3.05, 3.63) is 12.2 Å². The molecule has 0 spiro atoms. The van der Waals surface area contributed by atoms with Gasteiger partial charge in [-0.15, -0.1) is 0 Å². The molecule has 0 bridgehead atoms. The van der Waals surface area contributed by atoms with Gasteiger partial charge in [0.1, 0.15) is 0 Å². The van der Waals surface area contributed by atoms with Gasteiger partial charge < -0.3 is 9.45 Å². The molecule has 0 aromatic carbocycles. The Labute approximate surface area is 163 Å². The number of rotatable bonds is 13. The van der Waals surface area contributed by atoms with E-state index in [0.29, 0.717) is 19.4 Å². The molecule has 0 aliphatic carbocycles. The molecule has 0 aliphatic rings. The summed E-state index contributed by atoms with van der Waals surface area (Å²) in [4.78, 5) is 13.3. The Kier molecular flexibility index (Phi) is 17.2. The molecule has 0 saturated heterocycles. The van der Waals surface area contributed by atoms with Crippen LogP contribution >= 0.6 is 0 Å². The number of allylic oxidation sites excluding steroid dienone is 1. The second-order valence-corrected chi connectivity index (χ2v) is 7.21. The van der Waals surface area contributed by atoms with Crippen molar-refractivity contribution in [2.24, 2.45) is 0 Å². The van der Waals surface area contributed by atoms with Crippen LogP contribution in [0.3, 0.4) is 0 Å². The predicted molar refractivity (Wildman–Crippen MR) is 88.6 cm³/mol. The molecule has 0 aromatic heterocycles. The molecule has 0 unspecified atom stereocenters. The first kappa shape index (κ1) is 25.4. The first-order chi connectivity index (χ1) is 10.4. The summed E-state index contributed by atoms with van der Waals surface area (Å²) in [5.74, 6) is -0.431. The quantitative estimate of drug-likeness (QED) is 0.203. The van der Waals surface area contributed by atoms with Crippen LogP contribution in [0.25, 0.3) is 0 Å². The number of unbranched alkanes of at least 4 members (excludes halogenated alkanes) is 7. The number of amides is 1. The summed E-state index contributed by atoms with van der Waals surface area (Å²) in [6.07, 6.45) is 12.6. The summed E-state index contributed by atoms with van der Waals surface area (Å²) in [6, 6.07) is 0. The number of likely N-dealkylation sites (N-methyl/N-ethyl adjacent to an activating group) is 1. The molecular weight excluding hydrogens is 325 g/mol. The maximum absolute atomic E-state index is 11.8. The normalized spacial score (nSPS) is 11.4. The molecule has 0 heterocycles. The second-order valence-electron chi connectivity index (χ2n) is 5.69. The fourth-order valence-electron chi connectivity index (χ4n) is 2.09. The van der Waals surface area contributed by atoms with Crippen LogP contribution in [0.5, 0.6) is 0 Å². The summed E-state index contributed by atoms with van der Waals surface area (Å²) in [7, 11) is -2.46. The van der Waals surface area contributed by atoms with Gasteiger partial charge in [-0.25, -0.2) is 8.42 Å². The molecule has 0 aliphatic heterocycles. The fraction of sp³-hybridized carbons (Fsp3) is 0.812. The second kappa shape index (κ2) is 15.6. The van der Waals surface area contributed by atoms with Crippen LogP contribution in [0.1, 0.15) is 64.7 Å². The molecule has 0 fully saturated rings. The molecule has 0 radical (unpaired) electrons. The standard InChI is InChI=1S/C16H31NO4S.Na/c1-3-4-5-6-7-8-9-10-13-16(18)17(2)14-11-12-15-22(19,20)21;/h10,13H,3-9,11-12,14-15H2,1-2H3,(H,19,20,21);/q;+1/p-1/b13-10+;. The summed E-state index contributed by atoms with van der Waals surface area (Å²) in [5, 5.41) is 0. The van der Waals surface area contributed by atoms with Gasteiger partial charge in [0.05, 0.1) is 10.1 Å². The van der Waals surface area contributed by atoms with Gasteiger partial charge in [-0.1, -0.05) is 45.1 Å². The summed E-state index contributed by atoms with van der Waals surface area (Å²) >= 11 is 0. The van der Waals surface area contributed by atoms with Crippen molar-refractivity contribution in [1.29, 1.82) is 0 Å². The molecule has 0 atom stereocenters. The van der Waals surface area contributed by atoms with E-state index in [9.17, 15) is 17.8 Å². The van der Waals surface area contributed by atoms with E-state index in [-0.39, 0.29) is 41.2 Å². The van der Waals surface area contributed by atoms with Crippen molar-refractivity contribution in [3.63, 3.8) is 0 Å². The van der Waals surface area contributed by atoms with Crippen molar-refractivity contribution in [2.45, 2.75) is 64.7 Å². The smallest absolute Gasteiger partial charge is 0.748 e. The summed E-state index contributed by atoms with van der Waals surface area (Å²) < 4.78 is 31.3. The minimum absolute atomic E-state index is 0. The maximum atomic E-state index is 11.8. The predicted octanol–water partition coefficient (Wildman–Crippen LogP) is 0.0810. The molecule has 0 rings (SSSR count). The largest absolute Gasteiger partial charge is 1.00 e. The van der Waals surface area contributed by atoms with Crippen molar-refractivity contribution in [2.75, 3.05) is 19.3 Å². The van der Waals surface area contributed by atoms with E-state index < -0.39 is 10.1 Å². The van der Waals surface area contributed by atoms with E-state index in [0.717, 1.165) is 12.8 Å². The number of hydrogen-bond acceptors (Lipinski definition) is 4. The van der Waals surface area contributed by atoms with Crippen LogP contribution < -0.4 is 29.6 Å². The van der Waals surface area contributed by atoms with Gasteiger partial charge in [0.25, 0.3) is 0 Å². The molecule has 130 valence electrons. The van der Waals surface area contributed by atoms with Crippen LogP contribution in [-0.2, 0) is 14.9 Å². The third-order valence-electron chi connectivity index (χ3n) is 3.50. The van der Waals surface area contributed by atoms with Crippen molar-refractivity contribution < 1.29 is 47.3 Å². The maximum Gasteiger partial charge on any atom is 1.00 e. The zero-order valence-electron chi connectivity index (χ0n) is 14.9. The van der Waals surface area contributed by atoms with Gasteiger partial charge in [-0.3, -0.25) is 4.79 Å². The first-order valence-electron chi connectivity index (χ1n) is 8.22. The van der Waals surface area contributed by atoms with Crippen LogP contribution in [0.2, 0.25) is 0 Å². The fourth-order valence-corrected chi connectivity index (χ4v) is 2.65. The minimum atomic E-state index is -4.14. The topological polar surface area (TPSA) is 77.5 Å². The van der Waals surface area contributed by atoms with E-state index in [1.165, 1.54) is 32.1 Å². The van der Waals surface area contributed by atoms with Gasteiger partial charge in [-0.05, 0) is 31.8 Å². The van der Waals surface area contributed by atoms with Crippen molar-refractivity contribution >= 4 is 16.0 Å². The molecule has 0 saturated carbocycles. The molecular formula is C16H30NNaO4S. The van der Waals surface area contributed by atoms with Gasteiger partial charge in [0.2, 0.25) is 5.91 Å². The Balaban J connectivity index is 0. The first-order valence-corrected chi connectivity index (χ1v) is 9.79. The van der Waals surface area contributed by atoms with Crippen LogP contribution in [0, 0.1) is 0 Å². The number of carbonyl (C=O) groups is 1. The van der Waals surface area contributed by atoms with Crippen molar-refractivity contribution in [1.82, 2.24) is 4.90 Å². The Bertz CT molecular complexity index is 424. The third kappa shape index (κ3) is 18.3. The van der Waals surface area contributed by atoms with Gasteiger partial charge >= 0.3 is 29.6 Å². The average Bonchev–Trinajstić information content (AvgIpc) is 2.45. The van der Waals surface area contributed by atoms with Gasteiger partial charge in [0.15, 0.2) is 0 Å². The molecule has 0 aromatic rings. The Morgan fingerprint density at radius 3 is 2.26 bits per heavy atom. The van der Waals surface area contributed by atoms with Crippen molar-refractivity contribution in [3.8, 4) is 0 Å². The molecule has 23 heavy (non-hydrogen) atoms. The summed E-state index contributed by atoms with van der Waals surface area (Å²) in [6.45, 7) is 2.67. The van der Waals surface area contributed by atoms with Gasteiger partial charge in [-0.2, -0.15) is 0 Å². The van der Waals surface area contributed by atoms with E-state index >= 15 is 0 Å². The minimum Gasteiger partial charge on any atom is -0.748 e. The Morgan fingerprint density at radius 1 is 1.04 bits per heavy atom. The van der Waals surface area contributed by atoms with E-state index in [1.54, 1.807) is 18.0 Å². The van der Waals surface area contributed by atoms with E-state index in [2.05, 4.69) is 6.92 Å². The van der Waals surface area contributed by atoms with Crippen LogP contribution in [-0.4, -0.2) is 43.1 Å². The zero-order valence-corrected chi connectivity index (χ0v) is 17.7. The van der Waals surface area contributed by atoms with Gasteiger partial charge in [0, 0.05) is 19.3 Å². The number of nitrogens with zero attached hydrogens (tertiary/aromatic N) is 1. The number of hydrogen-bond donors (Lipinski definition) is 0. The Hall–Kier alpha value is 0.120.